The summed E-state index contributed by atoms with van der Waals surface area (Å²) in [6.45, 7) is 6.66. The van der Waals surface area contributed by atoms with E-state index in [2.05, 4.69) is 26.0 Å². The Bertz CT molecular complexity index is 975. The van der Waals surface area contributed by atoms with Gasteiger partial charge in [-0.3, -0.25) is 0 Å². The minimum Gasteiger partial charge on any atom is -0.493 e. The molecule has 0 N–H and O–H groups in total. The van der Waals surface area contributed by atoms with Crippen LogP contribution >= 0.6 is 0 Å². The van der Waals surface area contributed by atoms with Crippen molar-refractivity contribution in [2.45, 2.75) is 58.2 Å². The minimum absolute atomic E-state index is 0.112. The van der Waals surface area contributed by atoms with E-state index in [4.69, 9.17) is 37.9 Å². The second-order valence-corrected chi connectivity index (χ2v) is 9.37. The van der Waals surface area contributed by atoms with Crippen molar-refractivity contribution in [3.63, 3.8) is 0 Å². The molecule has 2 saturated heterocycles. The third-order valence-electron chi connectivity index (χ3n) is 6.67. The van der Waals surface area contributed by atoms with Gasteiger partial charge < -0.3 is 37.9 Å². The molecule has 8 nitrogen and oxygen atoms in total. The molecule has 2 aliphatic rings. The van der Waals surface area contributed by atoms with Crippen LogP contribution in [0, 0.1) is 0 Å². The largest absolute Gasteiger partial charge is 0.493 e. The molecule has 2 unspecified atom stereocenters. The van der Waals surface area contributed by atoms with Gasteiger partial charge in [-0.25, -0.2) is 0 Å². The van der Waals surface area contributed by atoms with Crippen LogP contribution in [0.1, 0.15) is 48.9 Å². The molecule has 2 aliphatic heterocycles. The number of benzene rings is 2. The summed E-state index contributed by atoms with van der Waals surface area (Å²) in [7, 11) is 6.67. The van der Waals surface area contributed by atoms with Crippen LogP contribution < -0.4 is 28.4 Å². The first kappa shape index (κ1) is 27.2. The molecular formula is C29H40O8. The van der Waals surface area contributed by atoms with Crippen LogP contribution in [0.4, 0.5) is 0 Å². The van der Waals surface area contributed by atoms with Crippen LogP contribution in [0.2, 0.25) is 0 Å². The molecule has 0 radical (unpaired) electrons. The second kappa shape index (κ2) is 12.6. The van der Waals surface area contributed by atoms with Gasteiger partial charge in [0.15, 0.2) is 23.0 Å². The molecule has 0 spiro atoms. The highest BCUT2D eigenvalue weighted by Gasteiger charge is 2.30. The predicted octanol–water partition coefficient (Wildman–Crippen LogP) is 4.77. The molecule has 2 atom stereocenters. The number of hydrogen-bond donors (Lipinski definition) is 0. The van der Waals surface area contributed by atoms with Gasteiger partial charge in [0.1, 0.15) is 25.4 Å². The van der Waals surface area contributed by atoms with Crippen LogP contribution in [0.15, 0.2) is 12.1 Å². The molecule has 0 bridgehead atoms. The zero-order valence-corrected chi connectivity index (χ0v) is 22.9. The predicted molar refractivity (Wildman–Crippen MR) is 140 cm³/mol. The van der Waals surface area contributed by atoms with Crippen LogP contribution in [0.5, 0.6) is 34.5 Å². The summed E-state index contributed by atoms with van der Waals surface area (Å²) in [5, 5.41) is 0. The Hall–Kier alpha value is -2.84. The summed E-state index contributed by atoms with van der Waals surface area (Å²) >= 11 is 0. The van der Waals surface area contributed by atoms with E-state index in [-0.39, 0.29) is 12.2 Å². The molecule has 4 rings (SSSR count). The monoisotopic (exact) mass is 516 g/mol. The lowest BCUT2D eigenvalue weighted by atomic mass is 9.90. The Morgan fingerprint density at radius 2 is 1.05 bits per heavy atom. The molecular weight excluding hydrogens is 476 g/mol. The average molecular weight is 517 g/mol. The molecule has 2 aromatic carbocycles. The third-order valence-corrected chi connectivity index (χ3v) is 6.67. The summed E-state index contributed by atoms with van der Waals surface area (Å²) in [4.78, 5) is 0. The zero-order valence-electron chi connectivity index (χ0n) is 22.9. The fraction of sp³-hybridized carbons (Fsp3) is 0.586. The van der Waals surface area contributed by atoms with Crippen molar-refractivity contribution in [3.8, 4) is 34.5 Å². The molecule has 0 aliphatic carbocycles. The number of epoxide rings is 2. The molecule has 204 valence electrons. The molecule has 8 heteroatoms. The van der Waals surface area contributed by atoms with E-state index in [0.717, 1.165) is 47.9 Å². The molecule has 0 saturated carbocycles. The van der Waals surface area contributed by atoms with Gasteiger partial charge in [-0.05, 0) is 36.1 Å². The Labute approximate surface area is 220 Å². The van der Waals surface area contributed by atoms with Crippen LogP contribution in [0.3, 0.4) is 0 Å². The van der Waals surface area contributed by atoms with Crippen molar-refractivity contribution in [1.82, 2.24) is 0 Å². The lowest BCUT2D eigenvalue weighted by Gasteiger charge is -2.24. The van der Waals surface area contributed by atoms with Gasteiger partial charge in [0, 0.05) is 17.5 Å². The molecule has 2 heterocycles. The highest BCUT2D eigenvalue weighted by Crippen LogP contribution is 2.48. The van der Waals surface area contributed by atoms with E-state index in [1.165, 1.54) is 0 Å². The van der Waals surface area contributed by atoms with E-state index in [0.29, 0.717) is 67.3 Å². The summed E-state index contributed by atoms with van der Waals surface area (Å²) in [6, 6.07) is 4.14. The Balaban J connectivity index is 1.84. The number of methoxy groups -OCH3 is 4. The highest BCUT2D eigenvalue weighted by molar-refractivity contribution is 5.64. The lowest BCUT2D eigenvalue weighted by Crippen LogP contribution is -2.12. The summed E-state index contributed by atoms with van der Waals surface area (Å²) < 4.78 is 46.6. The van der Waals surface area contributed by atoms with Crippen molar-refractivity contribution < 1.29 is 37.9 Å². The summed E-state index contributed by atoms with van der Waals surface area (Å²) in [5.74, 6) is 3.88. The van der Waals surface area contributed by atoms with Crippen molar-refractivity contribution in [1.29, 1.82) is 0 Å². The first-order valence-electron chi connectivity index (χ1n) is 13.1. The second-order valence-electron chi connectivity index (χ2n) is 9.37. The van der Waals surface area contributed by atoms with Gasteiger partial charge in [0.05, 0.1) is 41.7 Å². The lowest BCUT2D eigenvalue weighted by molar-refractivity contribution is 0.239. The van der Waals surface area contributed by atoms with Gasteiger partial charge in [-0.1, -0.05) is 26.7 Å². The zero-order chi connectivity index (χ0) is 26.4. The van der Waals surface area contributed by atoms with Crippen molar-refractivity contribution in [3.05, 3.63) is 34.4 Å². The number of rotatable bonds is 16. The van der Waals surface area contributed by atoms with Gasteiger partial charge in [-0.2, -0.15) is 0 Å². The summed E-state index contributed by atoms with van der Waals surface area (Å²) in [6.07, 6.45) is 4.51. The van der Waals surface area contributed by atoms with Gasteiger partial charge in [0.2, 0.25) is 11.5 Å². The van der Waals surface area contributed by atoms with Crippen LogP contribution in [0.25, 0.3) is 0 Å². The van der Waals surface area contributed by atoms with E-state index >= 15 is 0 Å². The maximum absolute atomic E-state index is 6.19. The molecule has 37 heavy (non-hydrogen) atoms. The number of aryl methyl sites for hydroxylation is 2. The fourth-order valence-corrected chi connectivity index (χ4v) is 4.65. The normalized spacial score (nSPS) is 17.8. The topological polar surface area (TPSA) is 80.4 Å². The SMILES string of the molecule is CCCc1cc(OC)c(OCC2CO2)c(OC)c1Cc1c(CCC)cc(OC)c(OCC2CO2)c1OC. The van der Waals surface area contributed by atoms with Gasteiger partial charge in [-0.15, -0.1) is 0 Å². The first-order chi connectivity index (χ1) is 18.1. The van der Waals surface area contributed by atoms with E-state index in [9.17, 15) is 0 Å². The number of hydrogen-bond acceptors (Lipinski definition) is 8. The van der Waals surface area contributed by atoms with E-state index in [1.807, 2.05) is 0 Å². The average Bonchev–Trinajstić information content (AvgIpc) is 3.83. The third kappa shape index (κ3) is 6.36. The molecule has 0 aromatic heterocycles. The summed E-state index contributed by atoms with van der Waals surface area (Å²) in [5.41, 5.74) is 4.41. The minimum atomic E-state index is 0.112. The van der Waals surface area contributed by atoms with Gasteiger partial charge >= 0.3 is 0 Å². The van der Waals surface area contributed by atoms with E-state index in [1.54, 1.807) is 28.4 Å². The van der Waals surface area contributed by atoms with Crippen LogP contribution in [-0.4, -0.2) is 67.1 Å². The van der Waals surface area contributed by atoms with Crippen LogP contribution in [-0.2, 0) is 28.7 Å². The molecule has 0 amide bonds. The van der Waals surface area contributed by atoms with Crippen molar-refractivity contribution >= 4 is 0 Å². The fourth-order valence-electron chi connectivity index (χ4n) is 4.65. The Morgan fingerprint density at radius 3 is 1.35 bits per heavy atom. The standard InChI is InChI=1S/C29H40O8/c1-7-9-18-11-24(30-3)28(36-16-20-14-34-20)26(32-5)22(18)13-23-19(10-8-2)12-25(31-4)29(27(23)33-6)37-17-21-15-35-21/h11-12,20-21H,7-10,13-17H2,1-6H3. The maximum atomic E-state index is 6.19. The highest BCUT2D eigenvalue weighted by atomic mass is 16.6. The maximum Gasteiger partial charge on any atom is 0.203 e. The number of ether oxygens (including phenoxy) is 8. The Kier molecular flexibility index (Phi) is 9.27. The molecule has 2 fully saturated rings. The quantitative estimate of drug-likeness (QED) is 0.295. The van der Waals surface area contributed by atoms with Crippen molar-refractivity contribution in [2.75, 3.05) is 54.9 Å². The Morgan fingerprint density at radius 1 is 0.649 bits per heavy atom. The molecule has 2 aromatic rings. The van der Waals surface area contributed by atoms with Crippen molar-refractivity contribution in [2.24, 2.45) is 0 Å². The van der Waals surface area contributed by atoms with Gasteiger partial charge in [0.25, 0.3) is 0 Å². The first-order valence-corrected chi connectivity index (χ1v) is 13.1. The van der Waals surface area contributed by atoms with E-state index < -0.39 is 0 Å². The smallest absolute Gasteiger partial charge is 0.203 e.